The summed E-state index contributed by atoms with van der Waals surface area (Å²) in [5, 5.41) is 11.7. The van der Waals surface area contributed by atoms with Crippen LogP contribution in [0.15, 0.2) is 54.1 Å². The number of thiazole rings is 1. The largest absolute Gasteiger partial charge is 0.455 e. The van der Waals surface area contributed by atoms with Crippen molar-refractivity contribution >= 4 is 33.6 Å². The van der Waals surface area contributed by atoms with E-state index in [-0.39, 0.29) is 4.92 Å². The Hall–Kier alpha value is -2.80. The van der Waals surface area contributed by atoms with Crippen molar-refractivity contribution in [1.29, 1.82) is 0 Å². The minimum absolute atomic E-state index is 0.256. The molecule has 27 heavy (non-hydrogen) atoms. The van der Waals surface area contributed by atoms with Gasteiger partial charge in [0.2, 0.25) is 6.04 Å². The molecule has 0 saturated carbocycles. The lowest BCUT2D eigenvalue weighted by atomic mass is 9.95. The summed E-state index contributed by atoms with van der Waals surface area (Å²) in [4.78, 5) is 27.1. The molecule has 0 fully saturated rings. The zero-order valence-electron chi connectivity index (χ0n) is 14.9. The highest BCUT2D eigenvalue weighted by Gasteiger charge is 2.23. The number of fused-ring (bicyclic) bond motifs is 1. The smallest absolute Gasteiger partial charge is 0.331 e. The van der Waals surface area contributed by atoms with Gasteiger partial charge in [-0.15, -0.1) is 11.3 Å². The third-order valence-electron chi connectivity index (χ3n) is 4.23. The van der Waals surface area contributed by atoms with Gasteiger partial charge in [0, 0.05) is 23.8 Å². The highest BCUT2D eigenvalue weighted by atomic mass is 32.1. The summed E-state index contributed by atoms with van der Waals surface area (Å²) < 4.78 is 6.42. The Morgan fingerprint density at radius 3 is 3.00 bits per heavy atom. The molecule has 3 rings (SSSR count). The molecule has 0 bridgehead atoms. The number of hydrogen-bond donors (Lipinski definition) is 0. The van der Waals surface area contributed by atoms with Gasteiger partial charge in [-0.2, -0.15) is 0 Å². The molecule has 2 aromatic rings. The van der Waals surface area contributed by atoms with E-state index in [1.54, 1.807) is 30.4 Å². The fraction of sp³-hybridized carbons (Fsp3) is 0.300. The Labute approximate surface area is 161 Å². The molecule has 0 spiro atoms. The first-order valence-electron chi connectivity index (χ1n) is 8.76. The van der Waals surface area contributed by atoms with Crippen LogP contribution in [0.5, 0.6) is 0 Å². The van der Waals surface area contributed by atoms with Crippen molar-refractivity contribution in [3.8, 4) is 0 Å². The quantitative estimate of drug-likeness (QED) is 0.316. The van der Waals surface area contributed by atoms with Crippen LogP contribution in [0.1, 0.15) is 31.2 Å². The Bertz CT molecular complexity index is 896. The van der Waals surface area contributed by atoms with Gasteiger partial charge in [-0.1, -0.05) is 24.3 Å². The molecule has 1 unspecified atom stereocenters. The fourth-order valence-corrected chi connectivity index (χ4v) is 3.73. The number of carbonyl (C=O) groups is 1. The van der Waals surface area contributed by atoms with Crippen molar-refractivity contribution in [3.63, 3.8) is 0 Å². The lowest BCUT2D eigenvalue weighted by molar-refractivity contribution is -0.523. The number of aromatic nitrogens is 1. The van der Waals surface area contributed by atoms with Gasteiger partial charge >= 0.3 is 5.97 Å². The van der Waals surface area contributed by atoms with Gasteiger partial charge in [0.1, 0.15) is 11.1 Å². The van der Waals surface area contributed by atoms with Gasteiger partial charge in [0.15, 0.2) is 0 Å². The molecule has 1 aromatic heterocycles. The van der Waals surface area contributed by atoms with Crippen molar-refractivity contribution in [3.05, 3.63) is 69.3 Å². The van der Waals surface area contributed by atoms with Gasteiger partial charge in [0.25, 0.3) is 0 Å². The molecule has 1 heterocycles. The Morgan fingerprint density at radius 2 is 2.22 bits per heavy atom. The summed E-state index contributed by atoms with van der Waals surface area (Å²) in [6.45, 7) is 1.78. The Kier molecular flexibility index (Phi) is 6.13. The average Bonchev–Trinajstić information content (AvgIpc) is 3.08. The van der Waals surface area contributed by atoms with Gasteiger partial charge < -0.3 is 4.74 Å². The second-order valence-electron chi connectivity index (χ2n) is 6.35. The highest BCUT2D eigenvalue weighted by Crippen LogP contribution is 2.23. The van der Waals surface area contributed by atoms with E-state index in [0.717, 1.165) is 20.8 Å². The van der Waals surface area contributed by atoms with E-state index in [0.29, 0.717) is 19.3 Å². The molecule has 0 aliphatic heterocycles. The monoisotopic (exact) mass is 384 g/mol. The first-order valence-corrected chi connectivity index (χ1v) is 9.58. The normalized spacial score (nSPS) is 18.7. The van der Waals surface area contributed by atoms with E-state index in [1.807, 2.05) is 36.4 Å². The van der Waals surface area contributed by atoms with Crippen molar-refractivity contribution < 1.29 is 14.5 Å². The van der Waals surface area contributed by atoms with Crippen LogP contribution in [0.3, 0.4) is 0 Å². The maximum atomic E-state index is 11.9. The van der Waals surface area contributed by atoms with Crippen molar-refractivity contribution in [2.24, 2.45) is 0 Å². The number of rotatable bonds is 6. The number of nitrogens with zero attached hydrogens (tertiary/aromatic N) is 2. The minimum atomic E-state index is -0.568. The van der Waals surface area contributed by atoms with Crippen molar-refractivity contribution in [2.45, 2.75) is 38.3 Å². The zero-order valence-corrected chi connectivity index (χ0v) is 15.7. The maximum absolute atomic E-state index is 11.9. The second kappa shape index (κ2) is 8.73. The number of hydrogen-bond acceptors (Lipinski definition) is 6. The SMILES string of the molecule is C[C@H](/C=C\c1nc2ccccc2s1)OC(=O)/C=C/C1=CCCC([N+](=O)[O-])C1. The van der Waals surface area contributed by atoms with Crippen LogP contribution < -0.4 is 0 Å². The summed E-state index contributed by atoms with van der Waals surface area (Å²) in [5.74, 6) is -0.472. The molecular weight excluding hydrogens is 364 g/mol. The predicted molar refractivity (Wildman–Crippen MR) is 106 cm³/mol. The van der Waals surface area contributed by atoms with Gasteiger partial charge in [0.05, 0.1) is 10.2 Å². The van der Waals surface area contributed by atoms with Crippen LogP contribution >= 0.6 is 11.3 Å². The number of carbonyl (C=O) groups excluding carboxylic acids is 1. The molecule has 1 aliphatic carbocycles. The second-order valence-corrected chi connectivity index (χ2v) is 7.42. The Morgan fingerprint density at radius 1 is 1.41 bits per heavy atom. The molecule has 1 aliphatic rings. The molecule has 0 N–H and O–H groups in total. The standard InChI is InChI=1S/C20H20N2O4S/c1-14(9-11-19-21-17-7-2-3-8-18(17)27-19)26-20(23)12-10-15-5-4-6-16(13-15)22(24)25/h2-3,5,7-12,14,16H,4,6,13H2,1H3/b11-9-,12-10+/t14-,16?/m1/s1. The maximum Gasteiger partial charge on any atom is 0.331 e. The van der Waals surface area contributed by atoms with Crippen LogP contribution in [0.2, 0.25) is 0 Å². The summed E-state index contributed by atoms with van der Waals surface area (Å²) in [6.07, 6.45) is 9.65. The van der Waals surface area contributed by atoms with Crippen LogP contribution in [0, 0.1) is 10.1 Å². The number of para-hydroxylation sites is 1. The summed E-state index contributed by atoms with van der Waals surface area (Å²) in [6, 6.07) is 7.33. The van der Waals surface area contributed by atoms with E-state index >= 15 is 0 Å². The first kappa shape index (κ1) is 19.0. The summed E-state index contributed by atoms with van der Waals surface area (Å²) in [7, 11) is 0. The molecule has 7 heteroatoms. The molecular formula is C20H20N2O4S. The number of nitro groups is 1. The first-order chi connectivity index (χ1) is 13.0. The van der Waals surface area contributed by atoms with E-state index in [1.165, 1.54) is 6.08 Å². The van der Waals surface area contributed by atoms with E-state index in [9.17, 15) is 14.9 Å². The third-order valence-corrected chi connectivity index (χ3v) is 5.23. The average molecular weight is 384 g/mol. The minimum Gasteiger partial charge on any atom is -0.455 e. The lowest BCUT2D eigenvalue weighted by Crippen LogP contribution is -2.22. The summed E-state index contributed by atoms with van der Waals surface area (Å²) in [5.41, 5.74) is 1.75. The lowest BCUT2D eigenvalue weighted by Gasteiger charge is -2.14. The van der Waals surface area contributed by atoms with Gasteiger partial charge in [-0.3, -0.25) is 10.1 Å². The van der Waals surface area contributed by atoms with Crippen LogP contribution in [-0.4, -0.2) is 28.0 Å². The van der Waals surface area contributed by atoms with Gasteiger partial charge in [-0.25, -0.2) is 9.78 Å². The number of ether oxygens (including phenoxy) is 1. The number of allylic oxidation sites excluding steroid dienone is 2. The molecule has 0 radical (unpaired) electrons. The number of benzene rings is 1. The van der Waals surface area contributed by atoms with Crippen molar-refractivity contribution in [1.82, 2.24) is 4.98 Å². The van der Waals surface area contributed by atoms with Crippen molar-refractivity contribution in [2.75, 3.05) is 0 Å². The van der Waals surface area contributed by atoms with E-state index in [2.05, 4.69) is 4.98 Å². The third kappa shape index (κ3) is 5.34. The molecule has 2 atom stereocenters. The van der Waals surface area contributed by atoms with Crippen LogP contribution in [0.25, 0.3) is 16.3 Å². The summed E-state index contributed by atoms with van der Waals surface area (Å²) >= 11 is 1.57. The highest BCUT2D eigenvalue weighted by molar-refractivity contribution is 7.19. The predicted octanol–water partition coefficient (Wildman–Crippen LogP) is 4.55. The van der Waals surface area contributed by atoms with Gasteiger partial charge in [-0.05, 0) is 43.2 Å². The van der Waals surface area contributed by atoms with E-state index < -0.39 is 18.1 Å². The molecule has 0 saturated heterocycles. The topological polar surface area (TPSA) is 82.3 Å². The molecule has 1 aromatic carbocycles. The Balaban J connectivity index is 1.52. The number of esters is 1. The zero-order chi connectivity index (χ0) is 19.2. The molecule has 6 nitrogen and oxygen atoms in total. The molecule has 0 amide bonds. The van der Waals surface area contributed by atoms with E-state index in [4.69, 9.17) is 4.74 Å². The fourth-order valence-electron chi connectivity index (χ4n) is 2.85. The van der Waals surface area contributed by atoms with Crippen LogP contribution in [0.4, 0.5) is 0 Å². The molecule has 140 valence electrons. The van der Waals surface area contributed by atoms with Crippen LogP contribution in [-0.2, 0) is 9.53 Å².